The van der Waals surface area contributed by atoms with Gasteiger partial charge in [-0.1, -0.05) is 66.7 Å². The number of hydrogen-bond donors (Lipinski definition) is 3. The molecular weight excluding hydrogens is 336 g/mol. The number of carbonyl (C=O) groups excluding carboxylic acids is 1. The molecule has 0 atom stereocenters. The first-order chi connectivity index (χ1) is 13.1. The van der Waals surface area contributed by atoms with Gasteiger partial charge in [0.15, 0.2) is 5.95 Å². The van der Waals surface area contributed by atoms with Gasteiger partial charge in [0.2, 0.25) is 5.91 Å². The highest BCUT2D eigenvalue weighted by atomic mass is 16.1. The second kappa shape index (κ2) is 8.85. The van der Waals surface area contributed by atoms with Crippen molar-refractivity contribution in [2.24, 2.45) is 0 Å². The highest BCUT2D eigenvalue weighted by Gasteiger charge is 2.06. The van der Waals surface area contributed by atoms with Crippen LogP contribution in [0.5, 0.6) is 0 Å². The minimum absolute atomic E-state index is 0.00141. The van der Waals surface area contributed by atoms with E-state index in [4.69, 9.17) is 5.73 Å². The Morgan fingerprint density at radius 3 is 2.48 bits per heavy atom. The number of H-pyrrole nitrogens is 1. The number of nitrogens with one attached hydrogen (secondary N) is 2. The van der Waals surface area contributed by atoms with E-state index in [1.54, 1.807) is 6.20 Å². The summed E-state index contributed by atoms with van der Waals surface area (Å²) in [5, 5.41) is 2.95. The van der Waals surface area contributed by atoms with Gasteiger partial charge in [-0.05, 0) is 29.5 Å². The molecule has 27 heavy (non-hydrogen) atoms. The van der Waals surface area contributed by atoms with E-state index in [0.29, 0.717) is 18.9 Å². The van der Waals surface area contributed by atoms with Crippen LogP contribution in [0.1, 0.15) is 24.0 Å². The number of rotatable bonds is 8. The van der Waals surface area contributed by atoms with Crippen LogP contribution in [0.3, 0.4) is 0 Å². The van der Waals surface area contributed by atoms with E-state index in [0.717, 1.165) is 35.2 Å². The molecule has 0 aliphatic rings. The van der Waals surface area contributed by atoms with Gasteiger partial charge >= 0.3 is 0 Å². The van der Waals surface area contributed by atoms with Crippen molar-refractivity contribution in [1.82, 2.24) is 15.3 Å². The molecule has 3 aromatic rings. The normalized spacial score (nSPS) is 10.5. The van der Waals surface area contributed by atoms with Crippen molar-refractivity contribution in [1.29, 1.82) is 0 Å². The zero-order valence-corrected chi connectivity index (χ0v) is 15.2. The van der Waals surface area contributed by atoms with Crippen LogP contribution in [0.4, 0.5) is 5.95 Å². The first-order valence-corrected chi connectivity index (χ1v) is 8.97. The van der Waals surface area contributed by atoms with Crippen LogP contribution in [0, 0.1) is 0 Å². The second-order valence-electron chi connectivity index (χ2n) is 6.57. The van der Waals surface area contributed by atoms with Crippen molar-refractivity contribution in [3.63, 3.8) is 0 Å². The Morgan fingerprint density at radius 1 is 1.07 bits per heavy atom. The summed E-state index contributed by atoms with van der Waals surface area (Å²) in [6.45, 7) is 4.53. The van der Waals surface area contributed by atoms with Gasteiger partial charge in [0.1, 0.15) is 0 Å². The highest BCUT2D eigenvalue weighted by molar-refractivity contribution is 5.78. The molecule has 138 valence electrons. The zero-order valence-electron chi connectivity index (χ0n) is 15.2. The molecule has 0 bridgehead atoms. The molecule has 1 amide bonds. The maximum absolute atomic E-state index is 12.1. The van der Waals surface area contributed by atoms with E-state index < -0.39 is 0 Å². The number of imidazole rings is 1. The molecule has 5 nitrogen and oxygen atoms in total. The molecule has 0 spiro atoms. The lowest BCUT2D eigenvalue weighted by Crippen LogP contribution is -2.22. The lowest BCUT2D eigenvalue weighted by Gasteiger charge is -2.08. The minimum atomic E-state index is -0.00141. The molecule has 0 aliphatic heterocycles. The summed E-state index contributed by atoms with van der Waals surface area (Å²) in [5.41, 5.74) is 10.7. The van der Waals surface area contributed by atoms with Crippen LogP contribution in [0.2, 0.25) is 0 Å². The summed E-state index contributed by atoms with van der Waals surface area (Å²) in [6, 6.07) is 18.2. The number of nitrogens with zero attached hydrogens (tertiary/aromatic N) is 1. The van der Waals surface area contributed by atoms with Gasteiger partial charge < -0.3 is 16.0 Å². The molecule has 0 fully saturated rings. The third kappa shape index (κ3) is 5.57. The molecule has 5 heteroatoms. The Kier molecular flexibility index (Phi) is 6.05. The van der Waals surface area contributed by atoms with Crippen molar-refractivity contribution >= 4 is 11.9 Å². The number of aromatic nitrogens is 2. The smallest absolute Gasteiger partial charge is 0.224 e. The summed E-state index contributed by atoms with van der Waals surface area (Å²) < 4.78 is 0. The van der Waals surface area contributed by atoms with E-state index in [2.05, 4.69) is 34.0 Å². The van der Waals surface area contributed by atoms with Gasteiger partial charge in [0.25, 0.3) is 0 Å². The molecule has 0 saturated heterocycles. The predicted molar refractivity (Wildman–Crippen MR) is 109 cm³/mol. The third-order valence-electron chi connectivity index (χ3n) is 4.37. The summed E-state index contributed by atoms with van der Waals surface area (Å²) in [7, 11) is 0. The Morgan fingerprint density at radius 2 is 1.81 bits per heavy atom. The molecule has 0 unspecified atom stereocenters. The third-order valence-corrected chi connectivity index (χ3v) is 4.37. The molecule has 2 aromatic carbocycles. The van der Waals surface area contributed by atoms with E-state index in [-0.39, 0.29) is 5.91 Å². The van der Waals surface area contributed by atoms with E-state index in [1.165, 1.54) is 5.56 Å². The first-order valence-electron chi connectivity index (χ1n) is 8.97. The molecule has 3 rings (SSSR count). The van der Waals surface area contributed by atoms with Crippen LogP contribution in [-0.4, -0.2) is 15.9 Å². The van der Waals surface area contributed by atoms with Crippen molar-refractivity contribution in [3.05, 3.63) is 84.1 Å². The number of anilines is 1. The fraction of sp³-hybridized carbons (Fsp3) is 0.182. The number of aryl methyl sites for hydroxylation is 1. The zero-order chi connectivity index (χ0) is 19.1. The van der Waals surface area contributed by atoms with Crippen molar-refractivity contribution in [2.75, 3.05) is 5.73 Å². The predicted octanol–water partition coefficient (Wildman–Crippen LogP) is 3.85. The van der Waals surface area contributed by atoms with Crippen molar-refractivity contribution in [2.45, 2.75) is 25.8 Å². The molecule has 1 aromatic heterocycles. The SMILES string of the molecule is C=C(CCc1ccccc1)CC(=O)NCc1ccc(-c2cnc(N)[nH]2)cc1. The standard InChI is InChI=1S/C22H24N4O/c1-16(7-8-17-5-3-2-4-6-17)13-21(27)24-14-18-9-11-19(12-10-18)20-15-25-22(23)26-20/h2-6,9-12,15H,1,7-8,13-14H2,(H,24,27)(H3,23,25,26). The Balaban J connectivity index is 1.42. The summed E-state index contributed by atoms with van der Waals surface area (Å²) in [4.78, 5) is 19.1. The maximum Gasteiger partial charge on any atom is 0.224 e. The van der Waals surface area contributed by atoms with Crippen LogP contribution < -0.4 is 11.1 Å². The summed E-state index contributed by atoms with van der Waals surface area (Å²) in [5.74, 6) is 0.396. The second-order valence-corrected chi connectivity index (χ2v) is 6.57. The average molecular weight is 360 g/mol. The van der Waals surface area contributed by atoms with Gasteiger partial charge in [-0.2, -0.15) is 0 Å². The molecule has 0 saturated carbocycles. The topological polar surface area (TPSA) is 83.8 Å². The fourth-order valence-corrected chi connectivity index (χ4v) is 2.83. The maximum atomic E-state index is 12.1. The van der Waals surface area contributed by atoms with Crippen LogP contribution >= 0.6 is 0 Å². The van der Waals surface area contributed by atoms with Gasteiger partial charge in [0, 0.05) is 13.0 Å². The molecular formula is C22H24N4O. The Labute approximate surface area is 159 Å². The largest absolute Gasteiger partial charge is 0.369 e. The van der Waals surface area contributed by atoms with E-state index >= 15 is 0 Å². The van der Waals surface area contributed by atoms with Gasteiger partial charge in [0.05, 0.1) is 11.9 Å². The van der Waals surface area contributed by atoms with Crippen molar-refractivity contribution < 1.29 is 4.79 Å². The highest BCUT2D eigenvalue weighted by Crippen LogP contribution is 2.18. The van der Waals surface area contributed by atoms with E-state index in [9.17, 15) is 4.79 Å². The van der Waals surface area contributed by atoms with E-state index in [1.807, 2.05) is 42.5 Å². The van der Waals surface area contributed by atoms with Gasteiger partial charge in [-0.15, -0.1) is 0 Å². The number of carbonyl (C=O) groups is 1. The lowest BCUT2D eigenvalue weighted by atomic mass is 10.0. The molecule has 1 heterocycles. The Bertz CT molecular complexity index is 898. The summed E-state index contributed by atoms with van der Waals surface area (Å²) in [6.07, 6.45) is 3.79. The summed E-state index contributed by atoms with van der Waals surface area (Å²) >= 11 is 0. The number of nitrogen functional groups attached to an aromatic ring is 1. The number of amides is 1. The Hall–Kier alpha value is -3.34. The van der Waals surface area contributed by atoms with Gasteiger partial charge in [-0.3, -0.25) is 4.79 Å². The lowest BCUT2D eigenvalue weighted by molar-refractivity contribution is -0.120. The van der Waals surface area contributed by atoms with Gasteiger partial charge in [-0.25, -0.2) is 4.98 Å². The van der Waals surface area contributed by atoms with Crippen molar-refractivity contribution in [3.8, 4) is 11.3 Å². The first kappa shape index (κ1) is 18.5. The average Bonchev–Trinajstić information content (AvgIpc) is 3.12. The minimum Gasteiger partial charge on any atom is -0.369 e. The van der Waals surface area contributed by atoms with Crippen LogP contribution in [0.15, 0.2) is 72.9 Å². The fourth-order valence-electron chi connectivity index (χ4n) is 2.83. The van der Waals surface area contributed by atoms with Crippen LogP contribution in [-0.2, 0) is 17.8 Å². The monoisotopic (exact) mass is 360 g/mol. The molecule has 0 aliphatic carbocycles. The number of aromatic amines is 1. The number of hydrogen-bond acceptors (Lipinski definition) is 3. The quantitative estimate of drug-likeness (QED) is 0.534. The number of nitrogens with two attached hydrogens (primary N) is 1. The number of benzene rings is 2. The molecule has 0 radical (unpaired) electrons. The van der Waals surface area contributed by atoms with Crippen LogP contribution in [0.25, 0.3) is 11.3 Å². The molecule has 4 N–H and O–H groups in total.